The van der Waals surface area contributed by atoms with E-state index in [1.165, 1.54) is 5.56 Å². The van der Waals surface area contributed by atoms with Crippen molar-refractivity contribution in [2.45, 2.75) is 33.3 Å². The predicted molar refractivity (Wildman–Crippen MR) is 93.1 cm³/mol. The van der Waals surface area contributed by atoms with Crippen LogP contribution in [0.1, 0.15) is 36.6 Å². The molecule has 0 radical (unpaired) electrons. The smallest absolute Gasteiger partial charge is 0.138 e. The standard InChI is InChI=1S/C18H19BrN2O/c1-11(2)13-4-6-14(7-5-13)18-16(10-22)21-9-15(19)12(3)8-17(21)20-18/h4-9,11,22H,10H2,1-3H3. The minimum absolute atomic E-state index is 0.0437. The molecule has 2 heterocycles. The molecule has 3 nitrogen and oxygen atoms in total. The topological polar surface area (TPSA) is 37.5 Å². The summed E-state index contributed by atoms with van der Waals surface area (Å²) in [6.45, 7) is 6.35. The van der Waals surface area contributed by atoms with Gasteiger partial charge in [0.15, 0.2) is 0 Å². The number of aromatic nitrogens is 2. The number of halogens is 1. The summed E-state index contributed by atoms with van der Waals surface area (Å²) in [4.78, 5) is 4.71. The van der Waals surface area contributed by atoms with Gasteiger partial charge in [0.25, 0.3) is 0 Å². The number of benzene rings is 1. The molecule has 1 N–H and O–H groups in total. The highest BCUT2D eigenvalue weighted by atomic mass is 79.9. The summed E-state index contributed by atoms with van der Waals surface area (Å²) in [7, 11) is 0. The number of rotatable bonds is 3. The van der Waals surface area contributed by atoms with Crippen molar-refractivity contribution in [3.05, 3.63) is 57.8 Å². The first kappa shape index (κ1) is 15.3. The Hall–Kier alpha value is -1.65. The third-order valence-corrected chi connectivity index (χ3v) is 4.83. The fourth-order valence-electron chi connectivity index (χ4n) is 2.62. The highest BCUT2D eigenvalue weighted by Gasteiger charge is 2.14. The van der Waals surface area contributed by atoms with Crippen LogP contribution >= 0.6 is 15.9 Å². The molecule has 22 heavy (non-hydrogen) atoms. The lowest BCUT2D eigenvalue weighted by Gasteiger charge is -2.07. The molecule has 3 aromatic rings. The van der Waals surface area contributed by atoms with Crippen molar-refractivity contribution in [2.24, 2.45) is 0 Å². The lowest BCUT2D eigenvalue weighted by Crippen LogP contribution is -1.95. The third kappa shape index (κ3) is 2.57. The summed E-state index contributed by atoms with van der Waals surface area (Å²) >= 11 is 3.54. The van der Waals surface area contributed by atoms with Gasteiger partial charge in [-0.3, -0.25) is 4.40 Å². The van der Waals surface area contributed by atoms with E-state index in [2.05, 4.69) is 54.0 Å². The Labute approximate surface area is 138 Å². The van der Waals surface area contributed by atoms with Crippen molar-refractivity contribution in [1.82, 2.24) is 9.38 Å². The molecular formula is C18H19BrN2O. The Morgan fingerprint density at radius 1 is 1.23 bits per heavy atom. The molecule has 0 bridgehead atoms. The monoisotopic (exact) mass is 358 g/mol. The summed E-state index contributed by atoms with van der Waals surface area (Å²) in [5.41, 5.74) is 5.97. The Bertz CT molecular complexity index is 819. The highest BCUT2D eigenvalue weighted by molar-refractivity contribution is 9.10. The lowest BCUT2D eigenvalue weighted by atomic mass is 10.0. The van der Waals surface area contributed by atoms with Crippen LogP contribution in [-0.4, -0.2) is 14.5 Å². The van der Waals surface area contributed by atoms with Gasteiger partial charge in [-0.25, -0.2) is 4.98 Å². The van der Waals surface area contributed by atoms with Crippen LogP contribution in [0.15, 0.2) is 41.0 Å². The van der Waals surface area contributed by atoms with Crippen LogP contribution in [0.5, 0.6) is 0 Å². The van der Waals surface area contributed by atoms with E-state index in [1.807, 2.05) is 23.6 Å². The lowest BCUT2D eigenvalue weighted by molar-refractivity contribution is 0.276. The zero-order valence-electron chi connectivity index (χ0n) is 13.0. The van der Waals surface area contributed by atoms with E-state index in [1.54, 1.807) is 0 Å². The van der Waals surface area contributed by atoms with Crippen LogP contribution < -0.4 is 0 Å². The minimum Gasteiger partial charge on any atom is -0.390 e. The average Bonchev–Trinajstić information content (AvgIpc) is 2.85. The second kappa shape index (κ2) is 5.86. The molecular weight excluding hydrogens is 340 g/mol. The van der Waals surface area contributed by atoms with Crippen LogP contribution in [0.2, 0.25) is 0 Å². The average molecular weight is 359 g/mol. The van der Waals surface area contributed by atoms with Crippen LogP contribution in [0.3, 0.4) is 0 Å². The highest BCUT2D eigenvalue weighted by Crippen LogP contribution is 2.28. The Kier molecular flexibility index (Phi) is 4.06. The maximum atomic E-state index is 9.79. The van der Waals surface area contributed by atoms with Gasteiger partial charge in [0.2, 0.25) is 0 Å². The van der Waals surface area contributed by atoms with Gasteiger partial charge in [0.05, 0.1) is 18.0 Å². The fourth-order valence-corrected chi connectivity index (χ4v) is 2.94. The summed E-state index contributed by atoms with van der Waals surface area (Å²) in [6, 6.07) is 10.4. The van der Waals surface area contributed by atoms with E-state index in [9.17, 15) is 5.11 Å². The normalized spacial score (nSPS) is 11.5. The van der Waals surface area contributed by atoms with Crippen LogP contribution in [0, 0.1) is 6.92 Å². The van der Waals surface area contributed by atoms with Gasteiger partial charge in [0.1, 0.15) is 5.65 Å². The van der Waals surface area contributed by atoms with Crippen molar-refractivity contribution in [1.29, 1.82) is 0 Å². The van der Waals surface area contributed by atoms with E-state index >= 15 is 0 Å². The first-order valence-corrected chi connectivity index (χ1v) is 8.19. The van der Waals surface area contributed by atoms with E-state index in [0.717, 1.165) is 32.6 Å². The maximum Gasteiger partial charge on any atom is 0.138 e. The van der Waals surface area contributed by atoms with E-state index in [4.69, 9.17) is 4.98 Å². The molecule has 114 valence electrons. The van der Waals surface area contributed by atoms with E-state index < -0.39 is 0 Å². The van der Waals surface area contributed by atoms with E-state index in [-0.39, 0.29) is 6.61 Å². The van der Waals surface area contributed by atoms with Gasteiger partial charge in [0, 0.05) is 16.2 Å². The van der Waals surface area contributed by atoms with Gasteiger partial charge in [-0.05, 0) is 46.0 Å². The molecule has 0 unspecified atom stereocenters. The van der Waals surface area contributed by atoms with Gasteiger partial charge < -0.3 is 5.11 Å². The summed E-state index contributed by atoms with van der Waals surface area (Å²) in [5, 5.41) is 9.79. The predicted octanol–water partition coefficient (Wildman–Crippen LogP) is 4.69. The first-order chi connectivity index (χ1) is 10.5. The number of aliphatic hydroxyl groups is 1. The summed E-state index contributed by atoms with van der Waals surface area (Å²) in [5.74, 6) is 0.506. The zero-order chi connectivity index (χ0) is 15.9. The van der Waals surface area contributed by atoms with Crippen molar-refractivity contribution >= 4 is 21.6 Å². The molecule has 4 heteroatoms. The number of pyridine rings is 1. The molecule has 0 aliphatic carbocycles. The molecule has 2 aromatic heterocycles. The second-order valence-corrected chi connectivity index (χ2v) is 6.73. The molecule has 0 atom stereocenters. The largest absolute Gasteiger partial charge is 0.390 e. The molecule has 0 spiro atoms. The van der Waals surface area contributed by atoms with Gasteiger partial charge in [-0.15, -0.1) is 0 Å². The molecule has 0 aliphatic rings. The molecule has 0 fully saturated rings. The van der Waals surface area contributed by atoms with Crippen LogP contribution in [0.4, 0.5) is 0 Å². The number of hydrogen-bond acceptors (Lipinski definition) is 2. The Morgan fingerprint density at radius 3 is 2.50 bits per heavy atom. The minimum atomic E-state index is -0.0437. The maximum absolute atomic E-state index is 9.79. The molecule has 0 amide bonds. The van der Waals surface area contributed by atoms with Crippen molar-refractivity contribution in [2.75, 3.05) is 0 Å². The second-order valence-electron chi connectivity index (χ2n) is 5.87. The fraction of sp³-hybridized carbons (Fsp3) is 0.278. The van der Waals surface area contributed by atoms with Gasteiger partial charge in [-0.2, -0.15) is 0 Å². The Morgan fingerprint density at radius 2 is 1.91 bits per heavy atom. The Balaban J connectivity index is 2.17. The third-order valence-electron chi connectivity index (χ3n) is 4.00. The van der Waals surface area contributed by atoms with Crippen LogP contribution in [-0.2, 0) is 6.61 Å². The molecule has 1 aromatic carbocycles. The number of aryl methyl sites for hydroxylation is 1. The van der Waals surface area contributed by atoms with Crippen LogP contribution in [0.25, 0.3) is 16.9 Å². The number of hydrogen-bond donors (Lipinski definition) is 1. The molecule has 0 saturated carbocycles. The number of aliphatic hydroxyl groups excluding tert-OH is 1. The summed E-state index contributed by atoms with van der Waals surface area (Å²) in [6.07, 6.45) is 1.97. The van der Waals surface area contributed by atoms with Crippen molar-refractivity contribution < 1.29 is 5.11 Å². The molecule has 0 aliphatic heterocycles. The number of fused-ring (bicyclic) bond motifs is 1. The van der Waals surface area contributed by atoms with Crippen molar-refractivity contribution in [3.63, 3.8) is 0 Å². The van der Waals surface area contributed by atoms with Gasteiger partial charge >= 0.3 is 0 Å². The quantitative estimate of drug-likeness (QED) is 0.737. The molecule has 3 rings (SSSR count). The molecule has 0 saturated heterocycles. The SMILES string of the molecule is Cc1cc2nc(-c3ccc(C(C)C)cc3)c(CO)n2cc1Br. The number of imidazole rings is 1. The van der Waals surface area contributed by atoms with E-state index in [0.29, 0.717) is 5.92 Å². The number of nitrogens with zero attached hydrogens (tertiary/aromatic N) is 2. The zero-order valence-corrected chi connectivity index (χ0v) is 14.6. The van der Waals surface area contributed by atoms with Crippen molar-refractivity contribution in [3.8, 4) is 11.3 Å². The van der Waals surface area contributed by atoms with Gasteiger partial charge in [-0.1, -0.05) is 38.1 Å². The first-order valence-electron chi connectivity index (χ1n) is 7.39. The summed E-state index contributed by atoms with van der Waals surface area (Å²) < 4.78 is 2.96.